The summed E-state index contributed by atoms with van der Waals surface area (Å²) < 4.78 is 2.23. The lowest BCUT2D eigenvalue weighted by molar-refractivity contribution is -0.660. The summed E-state index contributed by atoms with van der Waals surface area (Å²) in [4.78, 5) is 0. The van der Waals surface area contributed by atoms with E-state index in [1.807, 2.05) is 0 Å². The molecule has 0 N–H and O–H groups in total. The van der Waals surface area contributed by atoms with E-state index < -0.39 is 0 Å². The number of rotatable bonds is 1. The van der Waals surface area contributed by atoms with Gasteiger partial charge in [-0.25, -0.2) is 4.57 Å². The van der Waals surface area contributed by atoms with Crippen LogP contribution in [0.1, 0.15) is 56.4 Å². The van der Waals surface area contributed by atoms with Crippen molar-refractivity contribution in [3.05, 3.63) is 52.7 Å². The molecule has 1 aliphatic carbocycles. The zero-order valence-corrected chi connectivity index (χ0v) is 15.0. The lowest BCUT2D eigenvalue weighted by Gasteiger charge is -2.22. The van der Waals surface area contributed by atoms with Crippen LogP contribution in [0.3, 0.4) is 0 Å². The van der Waals surface area contributed by atoms with Crippen molar-refractivity contribution in [3.63, 3.8) is 0 Å². The third kappa shape index (κ3) is 2.27. The summed E-state index contributed by atoms with van der Waals surface area (Å²) in [5.74, 6) is 0. The fourth-order valence-electron chi connectivity index (χ4n) is 4.34. The normalized spacial score (nSPS) is 18.3. The van der Waals surface area contributed by atoms with Crippen molar-refractivity contribution in [2.24, 2.45) is 7.05 Å². The molecule has 1 heteroatoms. The molecule has 0 saturated heterocycles. The maximum absolute atomic E-state index is 2.45. The molecule has 0 radical (unpaired) electrons. The van der Waals surface area contributed by atoms with Gasteiger partial charge in [0.2, 0.25) is 5.69 Å². The third-order valence-electron chi connectivity index (χ3n) is 5.29. The van der Waals surface area contributed by atoms with Crippen LogP contribution in [0.25, 0.3) is 11.3 Å². The lowest BCUT2D eigenvalue weighted by Crippen LogP contribution is -2.30. The second-order valence-corrected chi connectivity index (χ2v) is 8.36. The van der Waals surface area contributed by atoms with E-state index in [4.69, 9.17) is 0 Å². The predicted molar refractivity (Wildman–Crippen MR) is 93.2 cm³/mol. The minimum absolute atomic E-state index is 0.254. The maximum atomic E-state index is 2.45. The third-order valence-corrected chi connectivity index (χ3v) is 5.29. The standard InChI is InChI=1S/C21H28N/c1-14-8-9-22(7)19(10-14)16-12-18-17(11-15(16)2)20(3,4)13-21(18,5)6/h8-12H,13H2,1-7H3/q+1. The van der Waals surface area contributed by atoms with Crippen LogP contribution in [0.2, 0.25) is 0 Å². The molecule has 22 heavy (non-hydrogen) atoms. The topological polar surface area (TPSA) is 3.88 Å². The molecule has 1 aromatic carbocycles. The van der Waals surface area contributed by atoms with E-state index in [1.165, 1.54) is 39.9 Å². The highest BCUT2D eigenvalue weighted by atomic mass is 14.9. The van der Waals surface area contributed by atoms with Crippen LogP contribution in [0, 0.1) is 13.8 Å². The Bertz CT molecular complexity index is 751. The van der Waals surface area contributed by atoms with Crippen LogP contribution < -0.4 is 4.57 Å². The van der Waals surface area contributed by atoms with E-state index in [9.17, 15) is 0 Å². The van der Waals surface area contributed by atoms with Gasteiger partial charge in [-0.3, -0.25) is 0 Å². The molecular weight excluding hydrogens is 266 g/mol. The van der Waals surface area contributed by atoms with Crippen molar-refractivity contribution in [1.29, 1.82) is 0 Å². The van der Waals surface area contributed by atoms with Crippen molar-refractivity contribution in [3.8, 4) is 11.3 Å². The Morgan fingerprint density at radius 2 is 1.50 bits per heavy atom. The Labute approximate surface area is 135 Å². The van der Waals surface area contributed by atoms with E-state index in [1.54, 1.807) is 0 Å². The lowest BCUT2D eigenvalue weighted by atomic mass is 9.82. The van der Waals surface area contributed by atoms with Gasteiger partial charge >= 0.3 is 0 Å². The summed E-state index contributed by atoms with van der Waals surface area (Å²) in [6.07, 6.45) is 3.38. The van der Waals surface area contributed by atoms with Crippen molar-refractivity contribution in [2.45, 2.75) is 58.8 Å². The molecule has 0 bridgehead atoms. The van der Waals surface area contributed by atoms with Crippen molar-refractivity contribution < 1.29 is 4.57 Å². The van der Waals surface area contributed by atoms with Gasteiger partial charge in [0, 0.05) is 17.7 Å². The van der Waals surface area contributed by atoms with Gasteiger partial charge in [0.15, 0.2) is 6.20 Å². The number of benzene rings is 1. The molecule has 1 nitrogen and oxygen atoms in total. The molecule has 0 saturated carbocycles. The number of hydrogen-bond acceptors (Lipinski definition) is 0. The largest absolute Gasteiger partial charge is 0.212 e. The molecule has 2 aromatic rings. The minimum atomic E-state index is 0.254. The second kappa shape index (κ2) is 4.68. The van der Waals surface area contributed by atoms with Crippen molar-refractivity contribution in [2.75, 3.05) is 0 Å². The molecule has 0 aliphatic heterocycles. The molecule has 116 valence electrons. The SMILES string of the molecule is Cc1cc[n+](C)c(-c2cc3c(cc2C)C(C)(C)CC3(C)C)c1. The van der Waals surface area contributed by atoms with Crippen LogP contribution >= 0.6 is 0 Å². The minimum Gasteiger partial charge on any atom is -0.201 e. The van der Waals surface area contributed by atoms with E-state index >= 15 is 0 Å². The van der Waals surface area contributed by atoms with E-state index in [0.29, 0.717) is 0 Å². The first-order chi connectivity index (χ1) is 10.1. The molecule has 0 unspecified atom stereocenters. The van der Waals surface area contributed by atoms with Gasteiger partial charge in [-0.05, 0) is 59.4 Å². The highest BCUT2D eigenvalue weighted by molar-refractivity contribution is 5.66. The quantitative estimate of drug-likeness (QED) is 0.668. The fourth-order valence-corrected chi connectivity index (χ4v) is 4.34. The summed E-state index contributed by atoms with van der Waals surface area (Å²) in [7, 11) is 2.14. The van der Waals surface area contributed by atoms with Crippen molar-refractivity contribution in [1.82, 2.24) is 0 Å². The smallest absolute Gasteiger partial charge is 0.201 e. The highest BCUT2D eigenvalue weighted by Crippen LogP contribution is 2.50. The van der Waals surface area contributed by atoms with Crippen LogP contribution in [-0.2, 0) is 17.9 Å². The molecule has 1 aliphatic rings. The molecule has 0 fully saturated rings. The zero-order valence-electron chi connectivity index (χ0n) is 15.0. The summed E-state index contributed by atoms with van der Waals surface area (Å²) >= 11 is 0. The Hall–Kier alpha value is -1.63. The summed E-state index contributed by atoms with van der Waals surface area (Å²) in [6, 6.07) is 9.34. The Morgan fingerprint density at radius 3 is 2.14 bits per heavy atom. The van der Waals surface area contributed by atoms with Gasteiger partial charge in [-0.1, -0.05) is 33.8 Å². The van der Waals surface area contributed by atoms with Gasteiger partial charge in [-0.15, -0.1) is 0 Å². The Kier molecular flexibility index (Phi) is 3.25. The summed E-state index contributed by atoms with van der Waals surface area (Å²) in [5, 5.41) is 0. The van der Waals surface area contributed by atoms with Gasteiger partial charge in [0.1, 0.15) is 7.05 Å². The molecule has 0 spiro atoms. The number of pyridine rings is 1. The Balaban J connectivity index is 2.27. The first-order valence-corrected chi connectivity index (χ1v) is 8.24. The molecular formula is C21H28N+. The zero-order chi connectivity index (χ0) is 16.3. The number of aryl methyl sites for hydroxylation is 3. The molecule has 3 rings (SSSR count). The number of fused-ring (bicyclic) bond motifs is 1. The maximum Gasteiger partial charge on any atom is 0.212 e. The summed E-state index contributed by atoms with van der Waals surface area (Å²) in [6.45, 7) is 13.9. The van der Waals surface area contributed by atoms with Crippen molar-refractivity contribution >= 4 is 0 Å². The molecule has 1 heterocycles. The van der Waals surface area contributed by atoms with E-state index in [0.717, 1.165) is 0 Å². The summed E-state index contributed by atoms with van der Waals surface area (Å²) in [5.41, 5.74) is 8.96. The molecule has 1 aromatic heterocycles. The van der Waals surface area contributed by atoms with Crippen LogP contribution in [0.5, 0.6) is 0 Å². The number of nitrogens with zero attached hydrogens (tertiary/aromatic N) is 1. The number of aromatic nitrogens is 1. The average molecular weight is 294 g/mol. The van der Waals surface area contributed by atoms with Crippen LogP contribution in [0.15, 0.2) is 30.5 Å². The van der Waals surface area contributed by atoms with Crippen LogP contribution in [-0.4, -0.2) is 0 Å². The first-order valence-electron chi connectivity index (χ1n) is 8.24. The van der Waals surface area contributed by atoms with Crippen LogP contribution in [0.4, 0.5) is 0 Å². The predicted octanol–water partition coefficient (Wildman–Crippen LogP) is 4.75. The first kappa shape index (κ1) is 15.3. The molecule has 0 amide bonds. The molecule has 0 atom stereocenters. The average Bonchev–Trinajstić information content (AvgIpc) is 2.57. The van der Waals surface area contributed by atoms with Gasteiger partial charge in [-0.2, -0.15) is 0 Å². The van der Waals surface area contributed by atoms with Gasteiger partial charge < -0.3 is 0 Å². The monoisotopic (exact) mass is 294 g/mol. The fraction of sp³-hybridized carbons (Fsp3) is 0.476. The number of hydrogen-bond donors (Lipinski definition) is 0. The second-order valence-electron chi connectivity index (χ2n) is 8.36. The Morgan fingerprint density at radius 1 is 0.909 bits per heavy atom. The van der Waals surface area contributed by atoms with Gasteiger partial charge in [0.25, 0.3) is 0 Å². The van der Waals surface area contributed by atoms with Gasteiger partial charge in [0.05, 0.1) is 0 Å². The van der Waals surface area contributed by atoms with E-state index in [-0.39, 0.29) is 10.8 Å². The highest BCUT2D eigenvalue weighted by Gasteiger charge is 2.42. The van der Waals surface area contributed by atoms with E-state index in [2.05, 4.69) is 83.6 Å².